The highest BCUT2D eigenvalue weighted by Gasteiger charge is 2.28. The highest BCUT2D eigenvalue weighted by molar-refractivity contribution is 7.15. The van der Waals surface area contributed by atoms with Gasteiger partial charge in [-0.15, -0.1) is 11.3 Å². The van der Waals surface area contributed by atoms with E-state index in [0.717, 1.165) is 10.8 Å². The first-order valence-electron chi connectivity index (χ1n) is 6.09. The van der Waals surface area contributed by atoms with Crippen molar-refractivity contribution in [1.29, 1.82) is 0 Å². The summed E-state index contributed by atoms with van der Waals surface area (Å²) in [6.45, 7) is 12.3. The number of thiazole rings is 1. The monoisotopic (exact) mass is 262 g/mol. The van der Waals surface area contributed by atoms with Gasteiger partial charge in [0.1, 0.15) is 0 Å². The number of aryl methyl sites for hydroxylation is 1. The quantitative estimate of drug-likeness (QED) is 0.792. The van der Waals surface area contributed by atoms with Crippen LogP contribution >= 0.6 is 11.3 Å². The third-order valence-electron chi connectivity index (χ3n) is 2.94. The van der Waals surface area contributed by atoms with Gasteiger partial charge in [-0.25, -0.2) is 4.98 Å². The number of hydrogen-bond donors (Lipinski definition) is 1. The molecule has 3 heteroatoms. The Bertz CT molecular complexity index is 479. The van der Waals surface area contributed by atoms with E-state index in [1.165, 1.54) is 10.5 Å². The predicted molar refractivity (Wildman–Crippen MR) is 82.5 cm³/mol. The van der Waals surface area contributed by atoms with Crippen molar-refractivity contribution >= 4 is 16.5 Å². The van der Waals surface area contributed by atoms with Crippen LogP contribution in [0.1, 0.15) is 31.3 Å². The molecule has 0 atom stereocenters. The highest BCUT2D eigenvalue weighted by atomic mass is 32.1. The fourth-order valence-corrected chi connectivity index (χ4v) is 3.04. The van der Waals surface area contributed by atoms with Crippen LogP contribution in [0.5, 0.6) is 0 Å². The molecule has 1 aromatic rings. The molecule has 0 bridgehead atoms. The first-order chi connectivity index (χ1) is 8.47. The molecule has 0 amide bonds. The SMILES string of the molecule is C=C/C=C(\C=C/C)C(C)(C)c1sc(NC)nc1C. The maximum Gasteiger partial charge on any atom is 0.182 e. The molecule has 0 fully saturated rings. The van der Waals surface area contributed by atoms with Crippen LogP contribution in [0.3, 0.4) is 0 Å². The van der Waals surface area contributed by atoms with E-state index < -0.39 is 0 Å². The Morgan fingerprint density at radius 3 is 2.56 bits per heavy atom. The summed E-state index contributed by atoms with van der Waals surface area (Å²) in [5.74, 6) is 0. The second-order valence-corrected chi connectivity index (χ2v) is 5.67. The predicted octanol–water partition coefficient (Wildman–Crippen LogP) is 4.46. The Hall–Kier alpha value is -1.35. The molecule has 1 N–H and O–H groups in total. The van der Waals surface area contributed by atoms with Crippen molar-refractivity contribution in [3.8, 4) is 0 Å². The molecular formula is C15H22N2S. The Labute approximate surface area is 114 Å². The molecule has 2 nitrogen and oxygen atoms in total. The summed E-state index contributed by atoms with van der Waals surface area (Å²) < 4.78 is 0. The molecule has 1 heterocycles. The zero-order chi connectivity index (χ0) is 13.8. The van der Waals surface area contributed by atoms with Gasteiger partial charge in [0.15, 0.2) is 5.13 Å². The maximum atomic E-state index is 4.53. The van der Waals surface area contributed by atoms with Gasteiger partial charge >= 0.3 is 0 Å². The molecule has 0 spiro atoms. The zero-order valence-electron chi connectivity index (χ0n) is 11.9. The van der Waals surface area contributed by atoms with E-state index >= 15 is 0 Å². The van der Waals surface area contributed by atoms with Crippen LogP contribution in [0, 0.1) is 6.92 Å². The summed E-state index contributed by atoms with van der Waals surface area (Å²) in [5, 5.41) is 4.08. The lowest BCUT2D eigenvalue weighted by molar-refractivity contribution is 0.647. The Kier molecular flexibility index (Phi) is 4.91. The lowest BCUT2D eigenvalue weighted by atomic mass is 9.81. The summed E-state index contributed by atoms with van der Waals surface area (Å²) in [7, 11) is 1.90. The molecule has 0 aliphatic carbocycles. The third-order valence-corrected chi connectivity index (χ3v) is 4.44. The standard InChI is InChI=1S/C15H22N2S/c1-7-9-12(10-8-2)15(4,5)13-11(3)17-14(16-6)18-13/h7-10H,1H2,2-6H3,(H,16,17)/b10-8-,12-9+. The van der Waals surface area contributed by atoms with E-state index in [9.17, 15) is 0 Å². The number of nitrogens with one attached hydrogen (secondary N) is 1. The lowest BCUT2D eigenvalue weighted by Crippen LogP contribution is -2.19. The molecule has 0 unspecified atom stereocenters. The number of nitrogens with zero attached hydrogens (tertiary/aromatic N) is 1. The van der Waals surface area contributed by atoms with Gasteiger partial charge in [-0.1, -0.05) is 44.7 Å². The number of hydrogen-bond acceptors (Lipinski definition) is 3. The summed E-state index contributed by atoms with van der Waals surface area (Å²) in [6.07, 6.45) is 8.11. The van der Waals surface area contributed by atoms with E-state index in [-0.39, 0.29) is 5.41 Å². The smallest absolute Gasteiger partial charge is 0.182 e. The molecule has 1 aromatic heterocycles. The minimum Gasteiger partial charge on any atom is -0.365 e. The van der Waals surface area contributed by atoms with Crippen molar-refractivity contribution in [2.45, 2.75) is 33.1 Å². The Morgan fingerprint density at radius 2 is 2.11 bits per heavy atom. The second kappa shape index (κ2) is 6.01. The van der Waals surface area contributed by atoms with Gasteiger partial charge in [-0.3, -0.25) is 0 Å². The molecule has 0 saturated carbocycles. The van der Waals surface area contributed by atoms with Crippen LogP contribution < -0.4 is 5.32 Å². The molecule has 98 valence electrons. The molecule has 18 heavy (non-hydrogen) atoms. The first-order valence-corrected chi connectivity index (χ1v) is 6.90. The number of rotatable bonds is 5. The van der Waals surface area contributed by atoms with Crippen molar-refractivity contribution < 1.29 is 0 Å². The summed E-state index contributed by atoms with van der Waals surface area (Å²) >= 11 is 1.72. The van der Waals surface area contributed by atoms with Gasteiger partial charge < -0.3 is 5.32 Å². The zero-order valence-corrected chi connectivity index (χ0v) is 12.7. The number of anilines is 1. The topological polar surface area (TPSA) is 24.9 Å². The van der Waals surface area contributed by atoms with Crippen molar-refractivity contribution in [1.82, 2.24) is 4.98 Å². The lowest BCUT2D eigenvalue weighted by Gasteiger charge is -2.25. The van der Waals surface area contributed by atoms with Gasteiger partial charge in [0, 0.05) is 17.3 Å². The minimum absolute atomic E-state index is 0.0580. The van der Waals surface area contributed by atoms with Crippen LogP contribution in [0.4, 0.5) is 5.13 Å². The summed E-state index contributed by atoms with van der Waals surface area (Å²) in [5.41, 5.74) is 2.28. The van der Waals surface area contributed by atoms with Crippen molar-refractivity contribution in [3.05, 3.63) is 47.0 Å². The maximum absolute atomic E-state index is 4.53. The first kappa shape index (κ1) is 14.7. The van der Waals surface area contributed by atoms with Gasteiger partial charge in [-0.2, -0.15) is 0 Å². The van der Waals surface area contributed by atoms with Gasteiger partial charge in [0.25, 0.3) is 0 Å². The average molecular weight is 262 g/mol. The summed E-state index contributed by atoms with van der Waals surface area (Å²) in [4.78, 5) is 5.82. The number of aromatic nitrogens is 1. The molecule has 0 saturated heterocycles. The van der Waals surface area contributed by atoms with Gasteiger partial charge in [0.05, 0.1) is 5.69 Å². The average Bonchev–Trinajstić information content (AvgIpc) is 2.71. The molecular weight excluding hydrogens is 240 g/mol. The molecule has 1 rings (SSSR count). The van der Waals surface area contributed by atoms with Gasteiger partial charge in [-0.05, 0) is 19.4 Å². The van der Waals surface area contributed by atoms with E-state index in [4.69, 9.17) is 0 Å². The normalized spacial score (nSPS) is 13.1. The molecule has 0 aliphatic rings. The van der Waals surface area contributed by atoms with Crippen molar-refractivity contribution in [3.63, 3.8) is 0 Å². The Morgan fingerprint density at radius 1 is 1.44 bits per heavy atom. The fraction of sp³-hybridized carbons (Fsp3) is 0.400. The van der Waals surface area contributed by atoms with Crippen molar-refractivity contribution in [2.75, 3.05) is 12.4 Å². The highest BCUT2D eigenvalue weighted by Crippen LogP contribution is 2.39. The molecule has 0 radical (unpaired) electrons. The van der Waals surface area contributed by atoms with Crippen LogP contribution in [0.15, 0.2) is 36.5 Å². The van der Waals surface area contributed by atoms with Crippen molar-refractivity contribution in [2.24, 2.45) is 0 Å². The van der Waals surface area contributed by atoms with E-state index in [0.29, 0.717) is 0 Å². The third kappa shape index (κ3) is 2.91. The van der Waals surface area contributed by atoms with Crippen LogP contribution in [0.25, 0.3) is 0 Å². The molecule has 0 aromatic carbocycles. The molecule has 0 aliphatic heterocycles. The minimum atomic E-state index is -0.0580. The van der Waals surface area contributed by atoms with E-state index in [1.54, 1.807) is 11.3 Å². The fourth-order valence-electron chi connectivity index (χ4n) is 1.99. The number of allylic oxidation sites excluding steroid dienone is 5. The van der Waals surface area contributed by atoms with E-state index in [1.807, 2.05) is 20.0 Å². The van der Waals surface area contributed by atoms with Crippen LogP contribution in [0.2, 0.25) is 0 Å². The summed E-state index contributed by atoms with van der Waals surface area (Å²) in [6, 6.07) is 0. The van der Waals surface area contributed by atoms with Crippen LogP contribution in [-0.2, 0) is 5.41 Å². The van der Waals surface area contributed by atoms with Gasteiger partial charge in [0.2, 0.25) is 0 Å². The van der Waals surface area contributed by atoms with Crippen LogP contribution in [-0.4, -0.2) is 12.0 Å². The Balaban J connectivity index is 3.29. The van der Waals surface area contributed by atoms with E-state index in [2.05, 4.69) is 55.9 Å². The second-order valence-electron chi connectivity index (χ2n) is 4.67. The largest absolute Gasteiger partial charge is 0.365 e.